The number of nitrogens with two attached hydrogens (primary N) is 1. The first-order chi connectivity index (χ1) is 30.4. The number of imide groups is 1. The number of benzene rings is 2. The third kappa shape index (κ3) is 8.53. The van der Waals surface area contributed by atoms with Crippen LogP contribution in [0, 0.1) is 6.92 Å². The first-order valence-electron chi connectivity index (χ1n) is 22.1. The van der Waals surface area contributed by atoms with Crippen LogP contribution in [0.15, 0.2) is 67.0 Å². The smallest absolute Gasteiger partial charge is 0.328 e. The van der Waals surface area contributed by atoms with E-state index in [1.807, 2.05) is 50.2 Å². The molecule has 4 N–H and O–H groups in total. The van der Waals surface area contributed by atoms with Crippen molar-refractivity contribution in [1.82, 2.24) is 34.9 Å². The number of nitrogens with zero attached hydrogens (tertiary/aromatic N) is 8. The van der Waals surface area contributed by atoms with Crippen molar-refractivity contribution < 1.29 is 28.6 Å². The number of fused-ring (bicyclic) bond motifs is 1. The average Bonchev–Trinajstić information content (AvgIpc) is 3.65. The van der Waals surface area contributed by atoms with Crippen LogP contribution in [0.2, 0.25) is 0 Å². The van der Waals surface area contributed by atoms with Gasteiger partial charge in [-0.1, -0.05) is 31.2 Å². The lowest BCUT2D eigenvalue weighted by molar-refractivity contribution is -0.120. The van der Waals surface area contributed by atoms with Crippen LogP contribution in [-0.2, 0) is 16.0 Å². The molecule has 0 bridgehead atoms. The maximum absolute atomic E-state index is 16.5. The van der Waals surface area contributed by atoms with Crippen LogP contribution in [-0.4, -0.2) is 117 Å². The number of para-hydroxylation sites is 1. The number of amides is 4. The zero-order chi connectivity index (χ0) is 44.0. The number of halogens is 1. The van der Waals surface area contributed by atoms with Crippen molar-refractivity contribution in [2.45, 2.75) is 83.2 Å². The number of phenolic OH excluding ortho intramolecular Hbond substituents is 1. The standard InChI is InChI=1S/C47H55FN10O5/c1-4-31-26-58(44-37(31)22-34(24-50-44)57-18-13-42(60)51-46(57)62)33-11-16-54(17-12-33)28-47(48)14-19-55(20-15-47)45(61)35-10-9-32(21-29(35)2)41-27-56(25-30(3)63-41)39-23-38(52-53-43(39)49)36-7-5-6-8-40(36)59/h5-10,21-24,26,30,33,41,59H,4,11-20,25,27-28H2,1-3H3,(H2,49,53)(H,51,60,62)/t30-,41-/m0/s1. The number of ether oxygens (including phenoxy) is 1. The Kier molecular flexibility index (Phi) is 11.5. The fourth-order valence-electron chi connectivity index (χ4n) is 9.83. The number of nitrogen functional groups attached to an aromatic ring is 1. The minimum atomic E-state index is -1.38. The summed E-state index contributed by atoms with van der Waals surface area (Å²) in [6.45, 7) is 10.0. The second kappa shape index (κ2) is 17.2. The van der Waals surface area contributed by atoms with Gasteiger partial charge in [-0.05, 0) is 80.1 Å². The van der Waals surface area contributed by atoms with E-state index in [2.05, 4.69) is 43.0 Å². The number of phenols is 1. The quantitative estimate of drug-likeness (QED) is 0.151. The lowest BCUT2D eigenvalue weighted by Gasteiger charge is -2.41. The molecule has 2 atom stereocenters. The number of morpholine rings is 1. The molecule has 2 aromatic carbocycles. The topological polar surface area (TPSA) is 175 Å². The monoisotopic (exact) mass is 858 g/mol. The minimum Gasteiger partial charge on any atom is -0.507 e. The van der Waals surface area contributed by atoms with Gasteiger partial charge in [-0.2, -0.15) is 0 Å². The predicted molar refractivity (Wildman–Crippen MR) is 239 cm³/mol. The maximum Gasteiger partial charge on any atom is 0.328 e. The van der Waals surface area contributed by atoms with E-state index in [-0.39, 0.29) is 60.9 Å². The Labute approximate surface area is 366 Å². The summed E-state index contributed by atoms with van der Waals surface area (Å²) in [6.07, 6.45) is 6.83. The Hall–Kier alpha value is -6.13. The molecule has 0 unspecified atom stereocenters. The van der Waals surface area contributed by atoms with E-state index < -0.39 is 11.7 Å². The number of carbonyl (C=O) groups is 3. The molecule has 16 heteroatoms. The molecule has 0 aliphatic carbocycles. The third-order valence-corrected chi connectivity index (χ3v) is 13.3. The van der Waals surface area contributed by atoms with Gasteiger partial charge in [0.15, 0.2) is 5.82 Å². The number of aryl methyl sites for hydroxylation is 2. The first kappa shape index (κ1) is 42.2. The fraction of sp³-hybridized carbons (Fsp3) is 0.447. The Bertz CT molecular complexity index is 2550. The van der Waals surface area contributed by atoms with Crippen molar-refractivity contribution in [2.75, 3.05) is 67.9 Å². The molecule has 7 heterocycles. The van der Waals surface area contributed by atoms with Gasteiger partial charge in [0.25, 0.3) is 5.91 Å². The molecule has 63 heavy (non-hydrogen) atoms. The zero-order valence-corrected chi connectivity index (χ0v) is 36.1. The number of aromatic nitrogens is 4. The van der Waals surface area contributed by atoms with Gasteiger partial charge in [-0.3, -0.25) is 19.8 Å². The summed E-state index contributed by atoms with van der Waals surface area (Å²) in [6, 6.07) is 16.4. The van der Waals surface area contributed by atoms with Crippen LogP contribution in [0.1, 0.15) is 85.1 Å². The van der Waals surface area contributed by atoms with Crippen molar-refractivity contribution >= 4 is 46.1 Å². The van der Waals surface area contributed by atoms with Gasteiger partial charge >= 0.3 is 6.03 Å². The molecule has 330 valence electrons. The summed E-state index contributed by atoms with van der Waals surface area (Å²) in [7, 11) is 0. The van der Waals surface area contributed by atoms with E-state index in [0.29, 0.717) is 67.5 Å². The number of piperidine rings is 2. The highest BCUT2D eigenvalue weighted by atomic mass is 19.1. The van der Waals surface area contributed by atoms with Gasteiger partial charge in [-0.25, -0.2) is 14.2 Å². The molecule has 0 spiro atoms. The molecule has 3 aromatic heterocycles. The van der Waals surface area contributed by atoms with Crippen LogP contribution in [0.4, 0.5) is 26.4 Å². The number of pyridine rings is 1. The molecular formula is C47H55FN10O5. The molecule has 0 saturated carbocycles. The predicted octanol–water partition coefficient (Wildman–Crippen LogP) is 6.35. The lowest BCUT2D eigenvalue weighted by Crippen LogP contribution is -2.51. The number of likely N-dealkylation sites (tertiary alicyclic amines) is 2. The lowest BCUT2D eigenvalue weighted by atomic mass is 9.90. The van der Waals surface area contributed by atoms with E-state index in [4.69, 9.17) is 15.5 Å². The number of carbonyl (C=O) groups excluding carboxylic acids is 3. The van der Waals surface area contributed by atoms with Gasteiger partial charge in [0.05, 0.1) is 29.4 Å². The Morgan fingerprint density at radius 1 is 1.02 bits per heavy atom. The van der Waals surface area contributed by atoms with E-state index in [0.717, 1.165) is 60.1 Å². The van der Waals surface area contributed by atoms with Gasteiger partial charge in [-0.15, -0.1) is 10.2 Å². The molecule has 4 saturated heterocycles. The molecule has 15 nitrogen and oxygen atoms in total. The molecule has 4 amide bonds. The molecule has 4 aliphatic rings. The number of hydrogen-bond acceptors (Lipinski definition) is 11. The average molecular weight is 859 g/mol. The number of hydrogen-bond donors (Lipinski definition) is 3. The SMILES string of the molecule is CCc1cn(C2CCN(CC3(F)CCN(C(=O)c4ccc([C@@H]5CN(c6cc(-c7ccccc7O)nnc6N)C[C@H](C)O5)cc4C)CC3)CC2)c2ncc(N3CCC(=O)NC3=O)cc12. The fourth-order valence-corrected chi connectivity index (χ4v) is 9.83. The van der Waals surface area contributed by atoms with Crippen LogP contribution in [0.5, 0.6) is 5.75 Å². The molecular weight excluding hydrogens is 804 g/mol. The Balaban J connectivity index is 0.795. The minimum absolute atomic E-state index is 0.0887. The van der Waals surface area contributed by atoms with Crippen molar-refractivity contribution in [3.8, 4) is 17.0 Å². The van der Waals surface area contributed by atoms with Gasteiger partial charge in [0.1, 0.15) is 23.2 Å². The Morgan fingerprint density at radius 3 is 2.52 bits per heavy atom. The van der Waals surface area contributed by atoms with E-state index in [1.165, 1.54) is 0 Å². The molecule has 4 aliphatic heterocycles. The van der Waals surface area contributed by atoms with Crippen molar-refractivity contribution in [1.29, 1.82) is 0 Å². The molecule has 9 rings (SSSR count). The van der Waals surface area contributed by atoms with Gasteiger partial charge < -0.3 is 34.8 Å². The normalized spacial score (nSPS) is 21.2. The highest BCUT2D eigenvalue weighted by molar-refractivity contribution is 6.06. The third-order valence-electron chi connectivity index (χ3n) is 13.3. The number of anilines is 3. The summed E-state index contributed by atoms with van der Waals surface area (Å²) < 4.78 is 25.2. The van der Waals surface area contributed by atoms with Crippen molar-refractivity contribution in [2.24, 2.45) is 0 Å². The van der Waals surface area contributed by atoms with E-state index >= 15 is 4.39 Å². The number of alkyl halides is 1. The Morgan fingerprint density at radius 2 is 1.79 bits per heavy atom. The number of aromatic hydroxyl groups is 1. The van der Waals surface area contributed by atoms with E-state index in [9.17, 15) is 19.5 Å². The van der Waals surface area contributed by atoms with Gasteiger partial charge in [0, 0.05) is 100 Å². The van der Waals surface area contributed by atoms with Crippen molar-refractivity contribution in [3.05, 3.63) is 89.2 Å². The summed E-state index contributed by atoms with van der Waals surface area (Å²) in [5.41, 5.74) is 11.8. The summed E-state index contributed by atoms with van der Waals surface area (Å²) in [5, 5.41) is 22.3. The second-order valence-electron chi connectivity index (χ2n) is 17.6. The van der Waals surface area contributed by atoms with Crippen molar-refractivity contribution in [3.63, 3.8) is 0 Å². The number of rotatable bonds is 9. The zero-order valence-electron chi connectivity index (χ0n) is 36.1. The van der Waals surface area contributed by atoms with Gasteiger partial charge in [0.2, 0.25) is 5.91 Å². The number of urea groups is 1. The largest absolute Gasteiger partial charge is 0.507 e. The van der Waals surface area contributed by atoms with Crippen LogP contribution in [0.3, 0.4) is 0 Å². The summed E-state index contributed by atoms with van der Waals surface area (Å²) >= 11 is 0. The second-order valence-corrected chi connectivity index (χ2v) is 17.6. The van der Waals surface area contributed by atoms with Crippen LogP contribution >= 0.6 is 0 Å². The maximum atomic E-state index is 16.5. The molecule has 4 fully saturated rings. The molecule has 5 aromatic rings. The highest BCUT2D eigenvalue weighted by Gasteiger charge is 2.39. The molecule has 0 radical (unpaired) electrons. The van der Waals surface area contributed by atoms with E-state index in [1.54, 1.807) is 34.2 Å². The highest BCUT2D eigenvalue weighted by Crippen LogP contribution is 2.37. The van der Waals surface area contributed by atoms with Crippen LogP contribution in [0.25, 0.3) is 22.3 Å². The summed E-state index contributed by atoms with van der Waals surface area (Å²) in [5.74, 6) is 0.0420. The van der Waals surface area contributed by atoms with Crippen LogP contribution < -0.4 is 20.9 Å². The summed E-state index contributed by atoms with van der Waals surface area (Å²) in [4.78, 5) is 50.6. The number of nitrogens with one attached hydrogen (secondary N) is 1. The first-order valence-corrected chi connectivity index (χ1v) is 22.1.